The number of carbonyl (C=O) groups is 1. The van der Waals surface area contributed by atoms with Crippen LogP contribution in [0.3, 0.4) is 0 Å². The molecular weight excluding hydrogens is 292 g/mol. The molecule has 20 heavy (non-hydrogen) atoms. The third-order valence-electron chi connectivity index (χ3n) is 2.38. The topological polar surface area (TPSA) is 49.3 Å². The van der Waals surface area contributed by atoms with Crippen LogP contribution < -0.4 is 5.32 Å². The van der Waals surface area contributed by atoms with Gasteiger partial charge in [0.25, 0.3) is 0 Å². The molecule has 2 N–H and O–H groups in total. The Morgan fingerprint density at radius 3 is 2.05 bits per heavy atom. The molecule has 0 aliphatic rings. The summed E-state index contributed by atoms with van der Waals surface area (Å²) in [5.41, 5.74) is -0.118. The van der Waals surface area contributed by atoms with Crippen LogP contribution in [0.5, 0.6) is 5.75 Å². The highest BCUT2D eigenvalue weighted by molar-refractivity contribution is 5.94. The molecule has 0 unspecified atom stereocenters. The second-order valence-electron chi connectivity index (χ2n) is 4.00. The Morgan fingerprint density at radius 1 is 1.15 bits per heavy atom. The maximum atomic E-state index is 12.3. The molecule has 0 bridgehead atoms. The molecule has 1 aromatic carbocycles. The van der Waals surface area contributed by atoms with E-state index in [1.165, 1.54) is 6.92 Å². The van der Waals surface area contributed by atoms with Gasteiger partial charge in [0.15, 0.2) is 0 Å². The standard InChI is InChI=1S/C11H9F6NO2/c1-5-4-6(19)2-3-7(5)18-9(20)8(10(12,13)14)11(15,16)17/h2-4,8,19H,1H3,(H,18,20). The number of carbonyl (C=O) groups excluding carboxylic acids is 1. The van der Waals surface area contributed by atoms with E-state index in [0.29, 0.717) is 0 Å². The molecule has 0 saturated heterocycles. The molecule has 0 atom stereocenters. The van der Waals surface area contributed by atoms with Crippen molar-refractivity contribution in [1.82, 2.24) is 0 Å². The van der Waals surface area contributed by atoms with Gasteiger partial charge in [-0.05, 0) is 30.7 Å². The number of hydrogen-bond donors (Lipinski definition) is 2. The third kappa shape index (κ3) is 3.78. The first-order valence-corrected chi connectivity index (χ1v) is 5.17. The van der Waals surface area contributed by atoms with Gasteiger partial charge in [0.05, 0.1) is 0 Å². The van der Waals surface area contributed by atoms with E-state index in [1.54, 1.807) is 5.32 Å². The molecule has 1 rings (SSSR count). The lowest BCUT2D eigenvalue weighted by Crippen LogP contribution is -2.45. The Kier molecular flexibility index (Phi) is 4.21. The first-order chi connectivity index (χ1) is 8.93. The fraction of sp³-hybridized carbons (Fsp3) is 0.364. The Bertz CT molecular complexity index is 495. The van der Waals surface area contributed by atoms with E-state index in [4.69, 9.17) is 5.11 Å². The molecule has 0 heterocycles. The molecule has 0 aliphatic heterocycles. The van der Waals surface area contributed by atoms with Crippen LogP contribution in [0.1, 0.15) is 5.56 Å². The van der Waals surface area contributed by atoms with Crippen LogP contribution >= 0.6 is 0 Å². The Morgan fingerprint density at radius 2 is 1.65 bits per heavy atom. The highest BCUT2D eigenvalue weighted by atomic mass is 19.4. The predicted molar refractivity (Wildman–Crippen MR) is 57.1 cm³/mol. The highest BCUT2D eigenvalue weighted by Crippen LogP contribution is 2.40. The SMILES string of the molecule is Cc1cc(O)ccc1NC(=O)C(C(F)(F)F)C(F)(F)F. The zero-order valence-corrected chi connectivity index (χ0v) is 9.93. The molecule has 0 spiro atoms. The van der Waals surface area contributed by atoms with Gasteiger partial charge in [-0.2, -0.15) is 26.3 Å². The lowest BCUT2D eigenvalue weighted by molar-refractivity contribution is -0.272. The summed E-state index contributed by atoms with van der Waals surface area (Å²) in [4.78, 5) is 11.2. The minimum atomic E-state index is -5.74. The molecular formula is C11H9F6NO2. The first-order valence-electron chi connectivity index (χ1n) is 5.17. The van der Waals surface area contributed by atoms with Crippen molar-refractivity contribution in [2.75, 3.05) is 5.32 Å². The van der Waals surface area contributed by atoms with Gasteiger partial charge < -0.3 is 10.4 Å². The molecule has 112 valence electrons. The van der Waals surface area contributed by atoms with Gasteiger partial charge in [0.1, 0.15) is 5.75 Å². The number of aromatic hydroxyl groups is 1. The van der Waals surface area contributed by atoms with Gasteiger partial charge in [-0.3, -0.25) is 4.79 Å². The van der Waals surface area contributed by atoms with Crippen molar-refractivity contribution in [3.05, 3.63) is 23.8 Å². The van der Waals surface area contributed by atoms with Gasteiger partial charge in [-0.1, -0.05) is 0 Å². The van der Waals surface area contributed by atoms with Crippen molar-refractivity contribution in [1.29, 1.82) is 0 Å². The van der Waals surface area contributed by atoms with E-state index >= 15 is 0 Å². The number of halogens is 6. The number of anilines is 1. The van der Waals surface area contributed by atoms with Crippen LogP contribution in [0.2, 0.25) is 0 Å². The summed E-state index contributed by atoms with van der Waals surface area (Å²) in [6, 6.07) is 3.12. The van der Waals surface area contributed by atoms with Crippen LogP contribution in [-0.2, 0) is 4.79 Å². The minimum absolute atomic E-state index is 0.126. The Labute approximate surface area is 109 Å². The highest BCUT2D eigenvalue weighted by Gasteiger charge is 2.61. The number of phenolic OH excluding ortho intramolecular Hbond substituents is 1. The predicted octanol–water partition coefficient (Wildman–Crippen LogP) is 3.38. The zero-order chi connectivity index (χ0) is 15.7. The molecule has 9 heteroatoms. The average Bonchev–Trinajstić information content (AvgIpc) is 2.17. The molecule has 1 aromatic rings. The Balaban J connectivity index is 3.04. The number of alkyl halides is 6. The summed E-state index contributed by atoms with van der Waals surface area (Å²) >= 11 is 0. The van der Waals surface area contributed by atoms with Crippen molar-refractivity contribution in [3.8, 4) is 5.75 Å². The van der Waals surface area contributed by atoms with E-state index < -0.39 is 24.2 Å². The summed E-state index contributed by atoms with van der Waals surface area (Å²) in [6.45, 7) is 1.31. The molecule has 0 fully saturated rings. The van der Waals surface area contributed by atoms with Crippen molar-refractivity contribution in [2.24, 2.45) is 5.92 Å². The maximum Gasteiger partial charge on any atom is 0.409 e. The summed E-state index contributed by atoms with van der Waals surface area (Å²) in [5.74, 6) is -6.56. The molecule has 0 aromatic heterocycles. The summed E-state index contributed by atoms with van der Waals surface area (Å²) in [6.07, 6.45) is -11.5. The third-order valence-corrected chi connectivity index (χ3v) is 2.38. The Hall–Kier alpha value is -1.93. The number of amides is 1. The molecule has 1 amide bonds. The number of phenols is 1. The zero-order valence-electron chi connectivity index (χ0n) is 9.93. The number of hydrogen-bond acceptors (Lipinski definition) is 2. The molecule has 0 aliphatic carbocycles. The van der Waals surface area contributed by atoms with Crippen LogP contribution in [0, 0.1) is 12.8 Å². The number of nitrogens with one attached hydrogen (secondary N) is 1. The first kappa shape index (κ1) is 16.1. The molecule has 0 radical (unpaired) electrons. The number of benzene rings is 1. The fourth-order valence-corrected chi connectivity index (χ4v) is 1.48. The quantitative estimate of drug-likeness (QED) is 0.650. The van der Waals surface area contributed by atoms with E-state index in [1.807, 2.05) is 0 Å². The van der Waals surface area contributed by atoms with Gasteiger partial charge in [-0.25, -0.2) is 0 Å². The van der Waals surface area contributed by atoms with Gasteiger partial charge in [-0.15, -0.1) is 0 Å². The fourth-order valence-electron chi connectivity index (χ4n) is 1.48. The van der Waals surface area contributed by atoms with Crippen molar-refractivity contribution < 1.29 is 36.2 Å². The number of aryl methyl sites for hydroxylation is 1. The normalized spacial score (nSPS) is 12.6. The van der Waals surface area contributed by atoms with Gasteiger partial charge in [0, 0.05) is 5.69 Å². The van der Waals surface area contributed by atoms with Gasteiger partial charge >= 0.3 is 12.4 Å². The van der Waals surface area contributed by atoms with Gasteiger partial charge in [0.2, 0.25) is 11.8 Å². The van der Waals surface area contributed by atoms with E-state index in [0.717, 1.165) is 18.2 Å². The number of rotatable bonds is 2. The maximum absolute atomic E-state index is 12.3. The largest absolute Gasteiger partial charge is 0.508 e. The average molecular weight is 301 g/mol. The van der Waals surface area contributed by atoms with Crippen molar-refractivity contribution in [2.45, 2.75) is 19.3 Å². The molecule has 0 saturated carbocycles. The second kappa shape index (κ2) is 5.22. The lowest BCUT2D eigenvalue weighted by Gasteiger charge is -2.22. The summed E-state index contributed by atoms with van der Waals surface area (Å²) in [7, 11) is 0. The van der Waals surface area contributed by atoms with Crippen LogP contribution in [0.25, 0.3) is 0 Å². The summed E-state index contributed by atoms with van der Waals surface area (Å²) < 4.78 is 73.9. The van der Waals surface area contributed by atoms with E-state index in [-0.39, 0.29) is 17.0 Å². The monoisotopic (exact) mass is 301 g/mol. The second-order valence-corrected chi connectivity index (χ2v) is 4.00. The smallest absolute Gasteiger partial charge is 0.409 e. The van der Waals surface area contributed by atoms with E-state index in [2.05, 4.69) is 0 Å². The molecule has 3 nitrogen and oxygen atoms in total. The lowest BCUT2D eigenvalue weighted by atomic mass is 10.1. The van der Waals surface area contributed by atoms with Crippen LogP contribution in [0.15, 0.2) is 18.2 Å². The van der Waals surface area contributed by atoms with Crippen molar-refractivity contribution >= 4 is 11.6 Å². The van der Waals surface area contributed by atoms with Crippen LogP contribution in [-0.4, -0.2) is 23.4 Å². The van der Waals surface area contributed by atoms with E-state index in [9.17, 15) is 31.1 Å². The minimum Gasteiger partial charge on any atom is -0.508 e. The summed E-state index contributed by atoms with van der Waals surface area (Å²) in [5, 5.41) is 10.6. The van der Waals surface area contributed by atoms with Crippen molar-refractivity contribution in [3.63, 3.8) is 0 Å². The van der Waals surface area contributed by atoms with Crippen LogP contribution in [0.4, 0.5) is 32.0 Å².